The predicted octanol–water partition coefficient (Wildman–Crippen LogP) is 8.77. The van der Waals surface area contributed by atoms with Crippen molar-refractivity contribution in [1.82, 2.24) is 14.8 Å². The van der Waals surface area contributed by atoms with Crippen molar-refractivity contribution in [2.75, 3.05) is 6.16 Å². The number of phenols is 2. The highest BCUT2D eigenvalue weighted by atomic mass is 79.9. The minimum atomic E-state index is -0.929. The maximum atomic E-state index is 10.6. The molecule has 0 saturated heterocycles. The molecule has 0 amide bonds. The van der Waals surface area contributed by atoms with Gasteiger partial charge in [0.05, 0.1) is 34.3 Å². The van der Waals surface area contributed by atoms with Crippen LogP contribution in [0.4, 0.5) is 0 Å². The van der Waals surface area contributed by atoms with Crippen LogP contribution in [0, 0.1) is 0 Å². The highest BCUT2D eigenvalue weighted by Crippen LogP contribution is 2.77. The van der Waals surface area contributed by atoms with Gasteiger partial charge in [0.2, 0.25) is 0 Å². The predicted molar refractivity (Wildman–Crippen MR) is 199 cm³/mol. The van der Waals surface area contributed by atoms with Gasteiger partial charge in [-0.3, -0.25) is 0 Å². The number of nitrogens with zero attached hydrogens (tertiary/aromatic N) is 3. The van der Waals surface area contributed by atoms with Crippen molar-refractivity contribution in [3.63, 3.8) is 0 Å². The Balaban J connectivity index is 0.00000451. The fourth-order valence-corrected chi connectivity index (χ4v) is 17.4. The Labute approximate surface area is 301 Å². The summed E-state index contributed by atoms with van der Waals surface area (Å²) in [5, 5.41) is 25.8. The van der Waals surface area contributed by atoms with Gasteiger partial charge in [-0.25, -0.2) is 9.67 Å². The third kappa shape index (κ3) is 9.05. The Morgan fingerprint density at radius 2 is 1.00 bits per heavy atom. The van der Waals surface area contributed by atoms with Crippen LogP contribution in [-0.4, -0.2) is 48.1 Å². The number of rotatable bonds is 15. The summed E-state index contributed by atoms with van der Waals surface area (Å²) in [6.07, 6.45) is 33.8. The molecule has 0 aliphatic heterocycles. The van der Waals surface area contributed by atoms with Crippen molar-refractivity contribution in [3.05, 3.63) is 48.5 Å². The molecule has 0 radical (unpaired) electrons. The lowest BCUT2D eigenvalue weighted by Crippen LogP contribution is -3.00. The molecule has 3 aliphatic carbocycles. The monoisotopic (exact) mass is 737 g/mol. The minimum absolute atomic E-state index is 0. The molecule has 6 rings (SSSR count). The molecule has 2 N–H and O–H groups in total. The lowest BCUT2D eigenvalue weighted by atomic mass is 9.99. The van der Waals surface area contributed by atoms with Gasteiger partial charge in [-0.2, -0.15) is 5.10 Å². The molecule has 7 heteroatoms. The van der Waals surface area contributed by atoms with Crippen LogP contribution in [0.3, 0.4) is 0 Å². The summed E-state index contributed by atoms with van der Waals surface area (Å²) < 4.78 is 1.92. The van der Waals surface area contributed by atoms with Gasteiger partial charge in [-0.1, -0.05) is 69.2 Å². The van der Waals surface area contributed by atoms with E-state index in [1.165, 1.54) is 96.3 Å². The quantitative estimate of drug-likeness (QED) is 0.121. The van der Waals surface area contributed by atoms with Gasteiger partial charge in [-0.15, -0.1) is 0 Å². The molecule has 2 aromatic carbocycles. The van der Waals surface area contributed by atoms with Crippen molar-refractivity contribution in [2.24, 2.45) is 0 Å². The van der Waals surface area contributed by atoms with Crippen molar-refractivity contribution in [1.29, 1.82) is 0 Å². The summed E-state index contributed by atoms with van der Waals surface area (Å²) in [5.41, 5.74) is 4.65. The van der Waals surface area contributed by atoms with E-state index >= 15 is 0 Å². The number of benzene rings is 2. The molecule has 0 atom stereocenters. The van der Waals surface area contributed by atoms with E-state index in [0.29, 0.717) is 22.8 Å². The standard InChI is InChI=1S/C41H60N3O2P.BrH/c45-38-29-17-15-27-36(38)40-42-41(37-28-16-18-30-39(37)46)44(43-40)31-19-4-2-1-3-5-20-32-47(33-21-9-6-10-22-33,34-23-11-7-12-24-34)35-25-13-8-14-26-35;/h15-18,27-30,33-35H,1-14,19-26,31-32H2,(H-,42,43,45,46);1H. The normalized spacial score (nSPS) is 18.5. The molecule has 3 fully saturated rings. The average molecular weight is 739 g/mol. The molecule has 5 nitrogen and oxygen atoms in total. The van der Waals surface area contributed by atoms with Gasteiger partial charge >= 0.3 is 0 Å². The van der Waals surface area contributed by atoms with E-state index in [0.717, 1.165) is 29.9 Å². The van der Waals surface area contributed by atoms with Crippen LogP contribution >= 0.6 is 7.26 Å². The molecule has 264 valence electrons. The fourth-order valence-electron chi connectivity index (χ4n) is 9.80. The number of halogens is 1. The van der Waals surface area contributed by atoms with Crippen molar-refractivity contribution < 1.29 is 27.2 Å². The molecule has 0 spiro atoms. The summed E-state index contributed by atoms with van der Waals surface area (Å²) >= 11 is 0. The molecule has 3 aromatic rings. The maximum Gasteiger partial charge on any atom is 0.185 e. The summed E-state index contributed by atoms with van der Waals surface area (Å²) in [4.78, 5) is 4.78. The highest BCUT2D eigenvalue weighted by Gasteiger charge is 2.56. The van der Waals surface area contributed by atoms with Crippen LogP contribution in [0.1, 0.15) is 141 Å². The molecule has 48 heavy (non-hydrogen) atoms. The third-order valence-corrected chi connectivity index (χ3v) is 18.9. The number of para-hydroxylation sites is 2. The first kappa shape index (κ1) is 37.3. The summed E-state index contributed by atoms with van der Waals surface area (Å²) in [5.74, 6) is 1.52. The number of hydrogen-bond acceptors (Lipinski definition) is 4. The molecule has 3 saturated carbocycles. The summed E-state index contributed by atoms with van der Waals surface area (Å²) in [7, 11) is -0.929. The first-order valence-corrected chi connectivity index (χ1v) is 21.7. The van der Waals surface area contributed by atoms with E-state index in [-0.39, 0.29) is 28.5 Å². The molecule has 0 bridgehead atoms. The van der Waals surface area contributed by atoms with E-state index < -0.39 is 7.26 Å². The number of aromatic nitrogens is 3. The van der Waals surface area contributed by atoms with Gasteiger partial charge in [0.25, 0.3) is 0 Å². The zero-order valence-electron chi connectivity index (χ0n) is 29.4. The van der Waals surface area contributed by atoms with Crippen molar-refractivity contribution >= 4 is 7.26 Å². The molecular formula is C41H61BrN3O2P. The second-order valence-corrected chi connectivity index (χ2v) is 19.7. The molecule has 3 aliphatic rings. The molecular weight excluding hydrogens is 677 g/mol. The van der Waals surface area contributed by atoms with Crippen LogP contribution in [0.15, 0.2) is 48.5 Å². The van der Waals surface area contributed by atoms with Crippen LogP contribution in [-0.2, 0) is 6.54 Å². The van der Waals surface area contributed by atoms with Crippen molar-refractivity contribution in [2.45, 2.75) is 165 Å². The van der Waals surface area contributed by atoms with Gasteiger partial charge in [-0.05, 0) is 121 Å². The van der Waals surface area contributed by atoms with Gasteiger partial charge in [0, 0.05) is 13.8 Å². The van der Waals surface area contributed by atoms with E-state index in [1.807, 2.05) is 41.1 Å². The summed E-state index contributed by atoms with van der Waals surface area (Å²) in [6.45, 7) is 0.751. The van der Waals surface area contributed by atoms with Crippen LogP contribution in [0.5, 0.6) is 11.5 Å². The Morgan fingerprint density at radius 1 is 0.562 bits per heavy atom. The number of aromatic hydroxyl groups is 2. The maximum absolute atomic E-state index is 10.6. The molecule has 1 aromatic heterocycles. The van der Waals surface area contributed by atoms with Gasteiger partial charge in [0.15, 0.2) is 11.6 Å². The first-order chi connectivity index (χ1) is 23.2. The minimum Gasteiger partial charge on any atom is -1.00 e. The van der Waals surface area contributed by atoms with E-state index in [2.05, 4.69) is 0 Å². The van der Waals surface area contributed by atoms with E-state index in [9.17, 15) is 10.2 Å². The number of unbranched alkanes of at least 4 members (excludes halogenated alkanes) is 6. The molecule has 0 unspecified atom stereocenters. The van der Waals surface area contributed by atoms with Gasteiger partial charge < -0.3 is 27.2 Å². The van der Waals surface area contributed by atoms with E-state index in [4.69, 9.17) is 10.1 Å². The van der Waals surface area contributed by atoms with Crippen LogP contribution < -0.4 is 17.0 Å². The largest absolute Gasteiger partial charge is 1.00 e. The SMILES string of the molecule is Oc1ccccc1-c1nc(-c2ccccc2O)n(CCCCCCCCC[P+](C2CCCCC2)(C2CCCCC2)C2CCCCC2)n1.[Br-]. The topological polar surface area (TPSA) is 71.2 Å². The van der Waals surface area contributed by atoms with E-state index in [1.54, 1.807) is 56.8 Å². The second-order valence-electron chi connectivity index (χ2n) is 15.1. The Hall–Kier alpha value is -1.91. The number of phenolic OH excluding ortho intramolecular Hbond substituents is 2. The Bertz CT molecular complexity index is 1330. The fraction of sp³-hybridized carbons (Fsp3) is 0.659. The molecule has 1 heterocycles. The smallest absolute Gasteiger partial charge is 0.185 e. The number of aryl methyl sites for hydroxylation is 1. The lowest BCUT2D eigenvalue weighted by Gasteiger charge is -2.49. The Kier molecular flexibility index (Phi) is 14.7. The summed E-state index contributed by atoms with van der Waals surface area (Å²) in [6, 6.07) is 14.5. The average Bonchev–Trinajstić information content (AvgIpc) is 3.54. The Morgan fingerprint density at radius 3 is 1.50 bits per heavy atom. The van der Waals surface area contributed by atoms with Crippen molar-refractivity contribution in [3.8, 4) is 34.3 Å². The zero-order chi connectivity index (χ0) is 32.3. The zero-order valence-corrected chi connectivity index (χ0v) is 31.9. The van der Waals surface area contributed by atoms with Gasteiger partial charge in [0.1, 0.15) is 11.5 Å². The lowest BCUT2D eigenvalue weighted by molar-refractivity contribution is -0.0000118. The second kappa shape index (κ2) is 18.9. The third-order valence-electron chi connectivity index (χ3n) is 12.1. The number of hydrogen-bond donors (Lipinski definition) is 2. The van der Waals surface area contributed by atoms with Crippen LogP contribution in [0.2, 0.25) is 0 Å². The van der Waals surface area contributed by atoms with Crippen LogP contribution in [0.25, 0.3) is 22.8 Å². The highest BCUT2D eigenvalue weighted by molar-refractivity contribution is 7.77. The first-order valence-electron chi connectivity index (χ1n) is 19.6.